The molecule has 1 aromatic rings. The molecule has 0 atom stereocenters. The molecule has 0 aliphatic rings. The van der Waals surface area contributed by atoms with Gasteiger partial charge in [-0.05, 0) is 12.1 Å². The van der Waals surface area contributed by atoms with E-state index in [-0.39, 0.29) is 17.5 Å². The smallest absolute Gasteiger partial charge is 0.178 e. The van der Waals surface area contributed by atoms with Crippen molar-refractivity contribution < 1.29 is 9.59 Å². The van der Waals surface area contributed by atoms with Gasteiger partial charge in [-0.1, -0.05) is 13.8 Å². The van der Waals surface area contributed by atoms with Gasteiger partial charge in [0.2, 0.25) is 0 Å². The van der Waals surface area contributed by atoms with Crippen molar-refractivity contribution in [2.75, 3.05) is 0 Å². The summed E-state index contributed by atoms with van der Waals surface area (Å²) in [7, 11) is 0. The van der Waals surface area contributed by atoms with E-state index in [2.05, 4.69) is 4.98 Å². The van der Waals surface area contributed by atoms with E-state index in [0.29, 0.717) is 11.3 Å². The maximum atomic E-state index is 11.6. The Balaban J connectivity index is 3.06. The van der Waals surface area contributed by atoms with Crippen LogP contribution in [-0.4, -0.2) is 16.6 Å². The van der Waals surface area contributed by atoms with E-state index in [9.17, 15) is 9.59 Å². The molecule has 0 aliphatic carbocycles. The molecule has 0 aromatic carbocycles. The van der Waals surface area contributed by atoms with Gasteiger partial charge in [0.25, 0.3) is 0 Å². The second-order valence-corrected chi connectivity index (χ2v) is 3.50. The molecule has 0 bridgehead atoms. The summed E-state index contributed by atoms with van der Waals surface area (Å²) >= 11 is 0. The lowest BCUT2D eigenvalue weighted by Gasteiger charge is -2.04. The molecule has 1 heterocycles. The maximum absolute atomic E-state index is 11.6. The van der Waals surface area contributed by atoms with Gasteiger partial charge in [0, 0.05) is 24.6 Å². The Morgan fingerprint density at radius 2 is 2.00 bits per heavy atom. The van der Waals surface area contributed by atoms with Gasteiger partial charge in [-0.25, -0.2) is 0 Å². The van der Waals surface area contributed by atoms with Crippen LogP contribution in [0.2, 0.25) is 0 Å². The van der Waals surface area contributed by atoms with Gasteiger partial charge >= 0.3 is 0 Å². The van der Waals surface area contributed by atoms with Crippen molar-refractivity contribution >= 4 is 11.6 Å². The lowest BCUT2D eigenvalue weighted by Crippen LogP contribution is -2.09. The van der Waals surface area contributed by atoms with Crippen LogP contribution in [0.3, 0.4) is 0 Å². The lowest BCUT2D eigenvalue weighted by molar-refractivity contribution is 0.0939. The number of pyridine rings is 1. The Bertz CT molecular complexity index is 369. The minimum Gasteiger partial charge on any atom is -0.294 e. The van der Waals surface area contributed by atoms with Crippen molar-refractivity contribution in [1.82, 2.24) is 4.98 Å². The highest BCUT2D eigenvalue weighted by molar-refractivity contribution is 6.00. The molecule has 3 heteroatoms. The molecule has 74 valence electrons. The van der Waals surface area contributed by atoms with Crippen LogP contribution in [0, 0.1) is 5.92 Å². The molecule has 0 spiro atoms. The highest BCUT2D eigenvalue weighted by Crippen LogP contribution is 2.09. The van der Waals surface area contributed by atoms with Crippen LogP contribution in [0.15, 0.2) is 18.3 Å². The first-order valence-corrected chi connectivity index (χ1v) is 4.53. The Hall–Kier alpha value is -1.51. The summed E-state index contributed by atoms with van der Waals surface area (Å²) in [5.41, 5.74) is 0.900. The Kier molecular flexibility index (Phi) is 3.12. The van der Waals surface area contributed by atoms with Gasteiger partial charge in [-0.2, -0.15) is 0 Å². The van der Waals surface area contributed by atoms with Crippen molar-refractivity contribution in [1.29, 1.82) is 0 Å². The zero-order valence-electron chi connectivity index (χ0n) is 8.57. The number of carbonyl (C=O) groups excluding carboxylic acids is 2. The fourth-order valence-electron chi connectivity index (χ4n) is 1.11. The summed E-state index contributed by atoms with van der Waals surface area (Å²) in [6.07, 6.45) is 1.49. The molecule has 1 rings (SSSR count). The molecule has 0 amide bonds. The molecule has 1 aromatic heterocycles. The van der Waals surface area contributed by atoms with Crippen LogP contribution >= 0.6 is 0 Å². The van der Waals surface area contributed by atoms with Gasteiger partial charge in [0.1, 0.15) is 5.69 Å². The minimum absolute atomic E-state index is 0.0369. The fraction of sp³-hybridized carbons (Fsp3) is 0.364. The standard InChI is InChI=1S/C11H13NO2/c1-7(2)11(14)9-4-5-12-10(6-9)8(3)13/h4-7H,1-3H3. The van der Waals surface area contributed by atoms with Crippen molar-refractivity contribution in [2.24, 2.45) is 5.92 Å². The third-order valence-corrected chi connectivity index (χ3v) is 1.93. The second-order valence-electron chi connectivity index (χ2n) is 3.50. The highest BCUT2D eigenvalue weighted by Gasteiger charge is 2.11. The average Bonchev–Trinajstić information content (AvgIpc) is 2.16. The predicted molar refractivity (Wildman–Crippen MR) is 53.4 cm³/mol. The molecular weight excluding hydrogens is 178 g/mol. The second kappa shape index (κ2) is 4.13. The van der Waals surface area contributed by atoms with Crippen molar-refractivity contribution in [3.8, 4) is 0 Å². The number of rotatable bonds is 3. The molecule has 0 radical (unpaired) electrons. The number of nitrogens with zero attached hydrogens (tertiary/aromatic N) is 1. The van der Waals surface area contributed by atoms with Gasteiger partial charge in [-0.3, -0.25) is 14.6 Å². The molecule has 0 unspecified atom stereocenters. The van der Waals surface area contributed by atoms with E-state index in [1.54, 1.807) is 12.1 Å². The summed E-state index contributed by atoms with van der Waals surface area (Å²) in [4.78, 5) is 26.5. The largest absolute Gasteiger partial charge is 0.294 e. The Labute approximate surface area is 83.2 Å². The quantitative estimate of drug-likeness (QED) is 0.687. The van der Waals surface area contributed by atoms with Crippen LogP contribution in [0.5, 0.6) is 0 Å². The summed E-state index contributed by atoms with van der Waals surface area (Å²) in [6.45, 7) is 5.10. The number of aromatic nitrogens is 1. The first-order chi connectivity index (χ1) is 6.52. The molecule has 0 aliphatic heterocycles. The molecule has 0 fully saturated rings. The molecular formula is C11H13NO2. The monoisotopic (exact) mass is 191 g/mol. The molecule has 0 N–H and O–H groups in total. The van der Waals surface area contributed by atoms with Crippen LogP contribution in [0.25, 0.3) is 0 Å². The minimum atomic E-state index is -0.122. The van der Waals surface area contributed by atoms with Gasteiger partial charge in [-0.15, -0.1) is 0 Å². The summed E-state index contributed by atoms with van der Waals surface area (Å²) in [5, 5.41) is 0. The zero-order valence-corrected chi connectivity index (χ0v) is 8.57. The topological polar surface area (TPSA) is 47.0 Å². The number of carbonyl (C=O) groups is 2. The van der Waals surface area contributed by atoms with Gasteiger partial charge < -0.3 is 0 Å². The number of hydrogen-bond acceptors (Lipinski definition) is 3. The van der Waals surface area contributed by atoms with Crippen LogP contribution in [0.1, 0.15) is 41.6 Å². The third-order valence-electron chi connectivity index (χ3n) is 1.93. The number of Topliss-reactive ketones (excluding diaryl/α,β-unsaturated/α-hetero) is 2. The van der Waals surface area contributed by atoms with Crippen molar-refractivity contribution in [2.45, 2.75) is 20.8 Å². The maximum Gasteiger partial charge on any atom is 0.178 e. The van der Waals surface area contributed by atoms with E-state index in [1.807, 2.05) is 13.8 Å². The predicted octanol–water partition coefficient (Wildman–Crippen LogP) is 2.12. The van der Waals surface area contributed by atoms with Gasteiger partial charge in [0.15, 0.2) is 11.6 Å². The van der Waals surface area contributed by atoms with Gasteiger partial charge in [0.05, 0.1) is 0 Å². The van der Waals surface area contributed by atoms with Crippen molar-refractivity contribution in [3.63, 3.8) is 0 Å². The Morgan fingerprint density at radius 1 is 1.36 bits per heavy atom. The average molecular weight is 191 g/mol. The summed E-state index contributed by atoms with van der Waals surface area (Å²) in [6, 6.07) is 3.18. The molecule has 3 nitrogen and oxygen atoms in total. The van der Waals surface area contributed by atoms with Crippen LogP contribution < -0.4 is 0 Å². The van der Waals surface area contributed by atoms with Crippen LogP contribution in [0.4, 0.5) is 0 Å². The van der Waals surface area contributed by atoms with E-state index in [4.69, 9.17) is 0 Å². The lowest BCUT2D eigenvalue weighted by atomic mass is 10.0. The highest BCUT2D eigenvalue weighted by atomic mass is 16.1. The van der Waals surface area contributed by atoms with Crippen LogP contribution in [-0.2, 0) is 0 Å². The normalized spacial score (nSPS) is 10.3. The SMILES string of the molecule is CC(=O)c1cc(C(=O)C(C)C)ccn1. The first kappa shape index (κ1) is 10.6. The molecule has 0 saturated carbocycles. The summed E-state index contributed by atoms with van der Waals surface area (Å²) in [5.74, 6) is -0.143. The van der Waals surface area contributed by atoms with Crippen molar-refractivity contribution in [3.05, 3.63) is 29.6 Å². The number of ketones is 2. The van der Waals surface area contributed by atoms with E-state index < -0.39 is 0 Å². The zero-order chi connectivity index (χ0) is 10.7. The van der Waals surface area contributed by atoms with E-state index in [0.717, 1.165) is 0 Å². The third kappa shape index (κ3) is 2.25. The first-order valence-electron chi connectivity index (χ1n) is 4.53. The molecule has 0 saturated heterocycles. The summed E-state index contributed by atoms with van der Waals surface area (Å²) < 4.78 is 0. The molecule has 14 heavy (non-hydrogen) atoms. The number of hydrogen-bond donors (Lipinski definition) is 0. The Morgan fingerprint density at radius 3 is 2.50 bits per heavy atom. The fourth-order valence-corrected chi connectivity index (χ4v) is 1.11. The van der Waals surface area contributed by atoms with E-state index >= 15 is 0 Å². The van der Waals surface area contributed by atoms with E-state index in [1.165, 1.54) is 13.1 Å².